The molecule has 0 saturated heterocycles. The van der Waals surface area contributed by atoms with E-state index < -0.39 is 0 Å². The third-order valence-corrected chi connectivity index (χ3v) is 4.72. The number of nitrogens with one attached hydrogen (secondary N) is 1. The number of aromatic nitrogens is 1. The summed E-state index contributed by atoms with van der Waals surface area (Å²) < 4.78 is 0. The minimum Gasteiger partial charge on any atom is -0.313 e. The van der Waals surface area contributed by atoms with Gasteiger partial charge in [0.1, 0.15) is 0 Å². The van der Waals surface area contributed by atoms with E-state index in [9.17, 15) is 0 Å². The van der Waals surface area contributed by atoms with E-state index in [4.69, 9.17) is 0 Å². The second kappa shape index (κ2) is 6.36. The smallest absolute Gasteiger partial charge is 0.0705 e. The fraction of sp³-hybridized carbons (Fsp3) is 0.500. The molecule has 1 heterocycles. The van der Waals surface area contributed by atoms with Crippen molar-refractivity contribution in [1.82, 2.24) is 10.3 Å². The summed E-state index contributed by atoms with van der Waals surface area (Å²) >= 11 is 0. The van der Waals surface area contributed by atoms with Gasteiger partial charge in [0.05, 0.1) is 5.52 Å². The molecule has 1 fully saturated rings. The predicted molar refractivity (Wildman–Crippen MR) is 84.7 cm³/mol. The molecule has 2 nitrogen and oxygen atoms in total. The second-order valence-electron chi connectivity index (χ2n) is 6.02. The molecule has 0 aliphatic heterocycles. The third-order valence-electron chi connectivity index (χ3n) is 4.72. The van der Waals surface area contributed by atoms with Crippen molar-refractivity contribution in [3.8, 4) is 0 Å². The maximum absolute atomic E-state index is 4.47. The predicted octanol–water partition coefficient (Wildman–Crippen LogP) is 4.47. The van der Waals surface area contributed by atoms with E-state index in [1.54, 1.807) is 0 Å². The van der Waals surface area contributed by atoms with Crippen molar-refractivity contribution in [3.63, 3.8) is 0 Å². The lowest BCUT2D eigenvalue weighted by molar-refractivity contribution is 0.427. The lowest BCUT2D eigenvalue weighted by atomic mass is 9.94. The summed E-state index contributed by atoms with van der Waals surface area (Å²) in [4.78, 5) is 4.47. The van der Waals surface area contributed by atoms with Crippen LogP contribution in [-0.2, 0) is 0 Å². The molecule has 106 valence electrons. The van der Waals surface area contributed by atoms with Gasteiger partial charge in [-0.3, -0.25) is 4.98 Å². The molecule has 1 N–H and O–H groups in total. The highest BCUT2D eigenvalue weighted by atomic mass is 14.9. The first-order valence-corrected chi connectivity index (χ1v) is 7.89. The van der Waals surface area contributed by atoms with E-state index in [0.717, 1.165) is 11.4 Å². The molecule has 2 heteroatoms. The van der Waals surface area contributed by atoms with Crippen LogP contribution in [0.5, 0.6) is 0 Å². The van der Waals surface area contributed by atoms with Gasteiger partial charge in [0.2, 0.25) is 0 Å². The summed E-state index contributed by atoms with van der Waals surface area (Å²) in [6.45, 7) is 0. The van der Waals surface area contributed by atoms with Gasteiger partial charge in [-0.05, 0) is 43.5 Å². The molecule has 1 unspecified atom stereocenters. The average molecular weight is 268 g/mol. The number of benzene rings is 1. The quantitative estimate of drug-likeness (QED) is 0.865. The number of hydrogen-bond donors (Lipinski definition) is 1. The number of fused-ring (bicyclic) bond motifs is 1. The minimum absolute atomic E-state index is 0.460. The van der Waals surface area contributed by atoms with Crippen molar-refractivity contribution in [2.45, 2.75) is 44.6 Å². The summed E-state index contributed by atoms with van der Waals surface area (Å²) in [5.74, 6) is 0.962. The first-order chi connectivity index (χ1) is 9.86. The van der Waals surface area contributed by atoms with Crippen LogP contribution in [0.2, 0.25) is 0 Å². The van der Waals surface area contributed by atoms with Gasteiger partial charge in [-0.15, -0.1) is 0 Å². The fourth-order valence-electron chi connectivity index (χ4n) is 3.48. The average Bonchev–Trinajstić information content (AvgIpc) is 3.01. The lowest BCUT2D eigenvalue weighted by Gasteiger charge is -2.19. The largest absolute Gasteiger partial charge is 0.313 e. The molecule has 0 radical (unpaired) electrons. The van der Waals surface area contributed by atoms with Gasteiger partial charge in [0.15, 0.2) is 0 Å². The first-order valence-electron chi connectivity index (χ1n) is 7.89. The summed E-state index contributed by atoms with van der Waals surface area (Å²) in [6.07, 6.45) is 10.2. The van der Waals surface area contributed by atoms with E-state index in [0.29, 0.717) is 6.04 Å². The Hall–Kier alpha value is -1.41. The molecule has 0 spiro atoms. The SMILES string of the molecule is CNC(CCC1CCCC1)c1ccc2cccnc2c1. The van der Waals surface area contributed by atoms with Gasteiger partial charge >= 0.3 is 0 Å². The Labute approximate surface area is 121 Å². The highest BCUT2D eigenvalue weighted by Crippen LogP contribution is 2.31. The van der Waals surface area contributed by atoms with Gasteiger partial charge in [-0.2, -0.15) is 0 Å². The van der Waals surface area contributed by atoms with Crippen LogP contribution in [0.4, 0.5) is 0 Å². The molecule has 20 heavy (non-hydrogen) atoms. The van der Waals surface area contributed by atoms with Gasteiger partial charge in [0, 0.05) is 17.6 Å². The molecule has 0 amide bonds. The van der Waals surface area contributed by atoms with E-state index in [2.05, 4.69) is 41.6 Å². The molecular weight excluding hydrogens is 244 g/mol. The number of hydrogen-bond acceptors (Lipinski definition) is 2. The highest BCUT2D eigenvalue weighted by molar-refractivity contribution is 5.78. The zero-order valence-corrected chi connectivity index (χ0v) is 12.3. The standard InChI is InChI=1S/C18H24N2/c1-19-17(11-8-14-5-2-3-6-14)16-10-9-15-7-4-12-20-18(15)13-16/h4,7,9-10,12-14,17,19H,2-3,5-6,8,11H2,1H3. The Bertz CT molecular complexity index is 558. The van der Waals surface area contributed by atoms with Crippen LogP contribution in [0.15, 0.2) is 36.5 Å². The van der Waals surface area contributed by atoms with Gasteiger partial charge in [-0.1, -0.05) is 43.9 Å². The van der Waals surface area contributed by atoms with Crippen LogP contribution in [0.1, 0.15) is 50.1 Å². The van der Waals surface area contributed by atoms with E-state index >= 15 is 0 Å². The molecule has 2 aromatic rings. The van der Waals surface area contributed by atoms with Crippen LogP contribution in [0.3, 0.4) is 0 Å². The van der Waals surface area contributed by atoms with Crippen LogP contribution in [-0.4, -0.2) is 12.0 Å². The molecular formula is C18H24N2. The Morgan fingerprint density at radius 3 is 2.90 bits per heavy atom. The molecule has 3 rings (SSSR count). The summed E-state index contributed by atoms with van der Waals surface area (Å²) in [6, 6.07) is 11.3. The zero-order chi connectivity index (χ0) is 13.8. The maximum Gasteiger partial charge on any atom is 0.0705 e. The summed E-state index contributed by atoms with van der Waals surface area (Å²) in [7, 11) is 2.07. The zero-order valence-electron chi connectivity index (χ0n) is 12.3. The van der Waals surface area contributed by atoms with Crippen molar-refractivity contribution < 1.29 is 0 Å². The van der Waals surface area contributed by atoms with Crippen molar-refractivity contribution in [2.75, 3.05) is 7.05 Å². The van der Waals surface area contributed by atoms with Crippen molar-refractivity contribution in [1.29, 1.82) is 0 Å². The van der Waals surface area contributed by atoms with Gasteiger partial charge in [0.25, 0.3) is 0 Å². The summed E-state index contributed by atoms with van der Waals surface area (Å²) in [5, 5.41) is 4.70. The van der Waals surface area contributed by atoms with Crippen molar-refractivity contribution >= 4 is 10.9 Å². The highest BCUT2D eigenvalue weighted by Gasteiger charge is 2.17. The molecule has 1 aromatic heterocycles. The van der Waals surface area contributed by atoms with Crippen LogP contribution in [0, 0.1) is 5.92 Å². The van der Waals surface area contributed by atoms with Crippen LogP contribution >= 0.6 is 0 Å². The van der Waals surface area contributed by atoms with E-state index in [-0.39, 0.29) is 0 Å². The molecule has 1 aromatic carbocycles. The first kappa shape index (κ1) is 13.6. The Morgan fingerprint density at radius 2 is 2.10 bits per heavy atom. The van der Waals surface area contributed by atoms with Gasteiger partial charge in [-0.25, -0.2) is 0 Å². The van der Waals surface area contributed by atoms with Crippen molar-refractivity contribution in [2.24, 2.45) is 5.92 Å². The topological polar surface area (TPSA) is 24.9 Å². The Morgan fingerprint density at radius 1 is 1.25 bits per heavy atom. The number of nitrogens with zero attached hydrogens (tertiary/aromatic N) is 1. The fourth-order valence-corrected chi connectivity index (χ4v) is 3.48. The van der Waals surface area contributed by atoms with E-state index in [1.807, 2.05) is 12.3 Å². The molecule has 1 aliphatic rings. The molecule has 1 atom stereocenters. The normalized spacial score (nSPS) is 17.6. The minimum atomic E-state index is 0.460. The second-order valence-corrected chi connectivity index (χ2v) is 6.02. The van der Waals surface area contributed by atoms with E-state index in [1.165, 1.54) is 49.5 Å². The summed E-state index contributed by atoms with van der Waals surface area (Å²) in [5.41, 5.74) is 2.47. The van der Waals surface area contributed by atoms with Crippen molar-refractivity contribution in [3.05, 3.63) is 42.1 Å². The van der Waals surface area contributed by atoms with Crippen LogP contribution in [0.25, 0.3) is 10.9 Å². The number of rotatable bonds is 5. The maximum atomic E-state index is 4.47. The van der Waals surface area contributed by atoms with Gasteiger partial charge < -0.3 is 5.32 Å². The monoisotopic (exact) mass is 268 g/mol. The third kappa shape index (κ3) is 3.01. The molecule has 1 aliphatic carbocycles. The van der Waals surface area contributed by atoms with Crippen LogP contribution < -0.4 is 5.32 Å². The molecule has 1 saturated carbocycles. The Kier molecular flexibility index (Phi) is 4.31. The lowest BCUT2D eigenvalue weighted by Crippen LogP contribution is -2.17. The number of pyridine rings is 1. The Balaban J connectivity index is 1.72. The molecule has 0 bridgehead atoms.